The van der Waals surface area contributed by atoms with Crippen molar-refractivity contribution >= 4 is 11.7 Å². The fourth-order valence-corrected chi connectivity index (χ4v) is 0.565. The number of hydrogen-bond donors (Lipinski definition) is 3. The Kier molecular flexibility index (Phi) is 1.53. The van der Waals surface area contributed by atoms with E-state index in [-0.39, 0.29) is 5.84 Å². The van der Waals surface area contributed by atoms with Gasteiger partial charge in [0, 0.05) is 11.8 Å². The molecule has 0 fully saturated rings. The molecule has 4 nitrogen and oxygen atoms in total. The molecule has 0 aliphatic heterocycles. The average molecular weight is 136 g/mol. The van der Waals surface area contributed by atoms with Crippen LogP contribution in [0.2, 0.25) is 0 Å². The third-order valence-corrected chi connectivity index (χ3v) is 1.10. The average Bonchev–Trinajstić information content (AvgIpc) is 1.88. The third-order valence-electron chi connectivity index (χ3n) is 1.10. The fourth-order valence-electron chi connectivity index (χ4n) is 0.565. The molecule has 5 N–H and O–H groups in total. The van der Waals surface area contributed by atoms with Crippen LogP contribution in [0.4, 0.5) is 5.82 Å². The summed E-state index contributed by atoms with van der Waals surface area (Å²) in [5, 5.41) is 7.00. The number of nitrogens with zero attached hydrogens (tertiary/aromatic N) is 1. The lowest BCUT2D eigenvalue weighted by Gasteiger charge is -1.95. The minimum absolute atomic E-state index is 0.00694. The van der Waals surface area contributed by atoms with Crippen LogP contribution < -0.4 is 11.5 Å². The van der Waals surface area contributed by atoms with Gasteiger partial charge in [0.1, 0.15) is 11.7 Å². The van der Waals surface area contributed by atoms with E-state index in [1.807, 2.05) is 0 Å². The van der Waals surface area contributed by atoms with Gasteiger partial charge in [0.2, 0.25) is 0 Å². The molecular formula is C6H8N4. The van der Waals surface area contributed by atoms with Gasteiger partial charge in [0.15, 0.2) is 0 Å². The molecule has 0 atom stereocenters. The second-order valence-corrected chi connectivity index (χ2v) is 1.89. The first-order valence-electron chi connectivity index (χ1n) is 2.76. The van der Waals surface area contributed by atoms with Gasteiger partial charge in [-0.1, -0.05) is 0 Å². The molecule has 1 rings (SSSR count). The molecule has 0 amide bonds. The summed E-state index contributed by atoms with van der Waals surface area (Å²) in [6.07, 6.45) is 1.47. The number of amidine groups is 1. The Balaban J connectivity index is 3.00. The quantitative estimate of drug-likeness (QED) is 0.373. The molecule has 0 saturated carbocycles. The van der Waals surface area contributed by atoms with Gasteiger partial charge in [0.25, 0.3) is 0 Å². The molecule has 52 valence electrons. The summed E-state index contributed by atoms with van der Waals surface area (Å²) in [5.41, 5.74) is 11.1. The van der Waals surface area contributed by atoms with Gasteiger partial charge in [-0.15, -0.1) is 0 Å². The molecule has 0 saturated heterocycles. The van der Waals surface area contributed by atoms with Gasteiger partial charge in [-0.05, 0) is 12.1 Å². The van der Waals surface area contributed by atoms with E-state index in [2.05, 4.69) is 4.98 Å². The minimum atomic E-state index is 0.00694. The zero-order valence-electron chi connectivity index (χ0n) is 5.33. The summed E-state index contributed by atoms with van der Waals surface area (Å²) in [6.45, 7) is 0. The molecule has 0 bridgehead atoms. The number of rotatable bonds is 1. The summed E-state index contributed by atoms with van der Waals surface area (Å²) in [5.74, 6) is 0.442. The molecule has 0 unspecified atom stereocenters. The summed E-state index contributed by atoms with van der Waals surface area (Å²) >= 11 is 0. The first-order valence-corrected chi connectivity index (χ1v) is 2.76. The summed E-state index contributed by atoms with van der Waals surface area (Å²) in [7, 11) is 0. The maximum atomic E-state index is 7.00. The number of aromatic nitrogens is 1. The Labute approximate surface area is 58.4 Å². The molecular weight excluding hydrogens is 128 g/mol. The first-order chi connectivity index (χ1) is 4.70. The van der Waals surface area contributed by atoms with Crippen LogP contribution in [-0.2, 0) is 0 Å². The maximum absolute atomic E-state index is 7.00. The van der Waals surface area contributed by atoms with Crippen LogP contribution in [0.15, 0.2) is 18.3 Å². The van der Waals surface area contributed by atoms with Gasteiger partial charge in [-0.25, -0.2) is 4.98 Å². The van der Waals surface area contributed by atoms with Crippen molar-refractivity contribution in [1.82, 2.24) is 4.98 Å². The molecule has 0 radical (unpaired) electrons. The molecule has 0 aliphatic rings. The van der Waals surface area contributed by atoms with Gasteiger partial charge >= 0.3 is 0 Å². The number of anilines is 1. The van der Waals surface area contributed by atoms with E-state index in [4.69, 9.17) is 16.9 Å². The van der Waals surface area contributed by atoms with Crippen LogP contribution in [0.1, 0.15) is 5.56 Å². The predicted octanol–water partition coefficient (Wildman–Crippen LogP) is -0.0521. The molecule has 0 aromatic carbocycles. The van der Waals surface area contributed by atoms with E-state index in [0.29, 0.717) is 11.4 Å². The fraction of sp³-hybridized carbons (Fsp3) is 0. The Morgan fingerprint density at radius 2 is 2.20 bits per heavy atom. The van der Waals surface area contributed by atoms with Crippen LogP contribution in [0.5, 0.6) is 0 Å². The lowest BCUT2D eigenvalue weighted by molar-refractivity contribution is 1.30. The Hall–Kier alpha value is -1.58. The molecule has 1 heterocycles. The van der Waals surface area contributed by atoms with E-state index < -0.39 is 0 Å². The van der Waals surface area contributed by atoms with Crippen LogP contribution >= 0.6 is 0 Å². The molecule has 1 aromatic heterocycles. The summed E-state index contributed by atoms with van der Waals surface area (Å²) in [4.78, 5) is 3.76. The van der Waals surface area contributed by atoms with Crippen molar-refractivity contribution in [2.45, 2.75) is 0 Å². The molecule has 0 aliphatic carbocycles. The number of nitrogens with one attached hydrogen (secondary N) is 1. The first kappa shape index (κ1) is 6.54. The zero-order chi connectivity index (χ0) is 7.56. The highest BCUT2D eigenvalue weighted by molar-refractivity contribution is 5.94. The van der Waals surface area contributed by atoms with Crippen molar-refractivity contribution in [2.75, 3.05) is 5.73 Å². The van der Waals surface area contributed by atoms with Crippen molar-refractivity contribution in [3.8, 4) is 0 Å². The second-order valence-electron chi connectivity index (χ2n) is 1.89. The SMILES string of the molecule is N=C(N)c1ccc(N)nc1. The standard InChI is InChI=1S/C6H8N4/c7-5-2-1-4(3-10-5)6(8)9/h1-3H,(H2,7,10)(H3,8,9). The molecule has 10 heavy (non-hydrogen) atoms. The smallest absolute Gasteiger partial charge is 0.124 e. The van der Waals surface area contributed by atoms with Gasteiger partial charge in [-0.3, -0.25) is 5.41 Å². The topological polar surface area (TPSA) is 88.8 Å². The largest absolute Gasteiger partial charge is 0.384 e. The molecule has 1 aromatic rings. The van der Waals surface area contributed by atoms with Crippen LogP contribution in [0, 0.1) is 5.41 Å². The van der Waals surface area contributed by atoms with Crippen molar-refractivity contribution in [1.29, 1.82) is 5.41 Å². The Morgan fingerprint density at radius 3 is 2.60 bits per heavy atom. The number of pyridine rings is 1. The maximum Gasteiger partial charge on any atom is 0.124 e. The number of hydrogen-bond acceptors (Lipinski definition) is 3. The van der Waals surface area contributed by atoms with Gasteiger partial charge in [-0.2, -0.15) is 0 Å². The van der Waals surface area contributed by atoms with Crippen LogP contribution in [-0.4, -0.2) is 10.8 Å². The van der Waals surface area contributed by atoms with Crippen molar-refractivity contribution in [3.63, 3.8) is 0 Å². The van der Waals surface area contributed by atoms with Gasteiger partial charge in [0.05, 0.1) is 0 Å². The summed E-state index contributed by atoms with van der Waals surface area (Å²) in [6, 6.07) is 3.27. The van der Waals surface area contributed by atoms with E-state index in [9.17, 15) is 0 Å². The van der Waals surface area contributed by atoms with Crippen LogP contribution in [0.3, 0.4) is 0 Å². The normalized spacial score (nSPS) is 9.20. The third kappa shape index (κ3) is 1.22. The van der Waals surface area contributed by atoms with Gasteiger partial charge < -0.3 is 11.5 Å². The highest BCUT2D eigenvalue weighted by atomic mass is 14.8. The monoisotopic (exact) mass is 136 g/mol. The highest BCUT2D eigenvalue weighted by Gasteiger charge is 1.93. The van der Waals surface area contributed by atoms with Crippen molar-refractivity contribution < 1.29 is 0 Å². The molecule has 0 spiro atoms. The Bertz CT molecular complexity index is 238. The Morgan fingerprint density at radius 1 is 1.50 bits per heavy atom. The van der Waals surface area contributed by atoms with E-state index >= 15 is 0 Å². The predicted molar refractivity (Wildman–Crippen MR) is 39.7 cm³/mol. The lowest BCUT2D eigenvalue weighted by Crippen LogP contribution is -2.11. The summed E-state index contributed by atoms with van der Waals surface area (Å²) < 4.78 is 0. The zero-order valence-corrected chi connectivity index (χ0v) is 5.33. The lowest BCUT2D eigenvalue weighted by atomic mass is 10.3. The van der Waals surface area contributed by atoms with Crippen molar-refractivity contribution in [2.24, 2.45) is 5.73 Å². The number of nitrogens with two attached hydrogens (primary N) is 2. The van der Waals surface area contributed by atoms with E-state index in [1.165, 1.54) is 6.20 Å². The number of nitrogen functional groups attached to an aromatic ring is 2. The van der Waals surface area contributed by atoms with E-state index in [0.717, 1.165) is 0 Å². The minimum Gasteiger partial charge on any atom is -0.384 e. The van der Waals surface area contributed by atoms with Crippen LogP contribution in [0.25, 0.3) is 0 Å². The highest BCUT2D eigenvalue weighted by Crippen LogP contribution is 1.98. The van der Waals surface area contributed by atoms with Crippen molar-refractivity contribution in [3.05, 3.63) is 23.9 Å². The second kappa shape index (κ2) is 2.34. The molecule has 4 heteroatoms. The van der Waals surface area contributed by atoms with E-state index in [1.54, 1.807) is 12.1 Å².